The summed E-state index contributed by atoms with van der Waals surface area (Å²) in [5.41, 5.74) is 0.153. The summed E-state index contributed by atoms with van der Waals surface area (Å²) < 4.78 is 1.97. The number of carboxylic acids is 1. The van der Waals surface area contributed by atoms with Gasteiger partial charge in [0.15, 0.2) is 10.9 Å². The van der Waals surface area contributed by atoms with Crippen LogP contribution in [-0.2, 0) is 0 Å². The molecule has 1 aliphatic rings. The number of rotatable bonds is 2. The smallest absolute Gasteiger partial charge is 0.356 e. The highest BCUT2D eigenvalue weighted by molar-refractivity contribution is 7.99. The Morgan fingerprint density at radius 2 is 2.69 bits per heavy atom. The van der Waals surface area contributed by atoms with Gasteiger partial charge in [-0.15, -0.1) is 0 Å². The molecule has 1 unspecified atom stereocenters. The minimum Gasteiger partial charge on any atom is -0.476 e. The second kappa shape index (κ2) is 3.06. The van der Waals surface area contributed by atoms with Crippen molar-refractivity contribution >= 4 is 17.7 Å². The molecule has 2 rings (SSSR count). The van der Waals surface area contributed by atoms with Gasteiger partial charge in [-0.3, -0.25) is 0 Å². The molecule has 0 spiro atoms. The lowest BCUT2D eigenvalue weighted by atomic mass is 10.2. The Morgan fingerprint density at radius 3 is 3.31 bits per heavy atom. The Bertz CT molecular complexity index is 348. The molecule has 0 fully saturated rings. The summed E-state index contributed by atoms with van der Waals surface area (Å²) in [7, 11) is 0. The standard InChI is InChI=1S/C8H10N2O2S/c1-2-5-4-13-8-9-6(7(11)12)3-10(5)8/h3,5H,2,4H2,1H3,(H,11,12). The average molecular weight is 198 g/mol. The first kappa shape index (κ1) is 8.62. The largest absolute Gasteiger partial charge is 0.476 e. The van der Waals surface area contributed by atoms with E-state index in [9.17, 15) is 4.79 Å². The van der Waals surface area contributed by atoms with Gasteiger partial charge in [0.1, 0.15) is 0 Å². The van der Waals surface area contributed by atoms with E-state index in [4.69, 9.17) is 5.11 Å². The summed E-state index contributed by atoms with van der Waals surface area (Å²) in [5, 5.41) is 9.55. The van der Waals surface area contributed by atoms with E-state index < -0.39 is 5.97 Å². The number of hydrogen-bond donors (Lipinski definition) is 1. The van der Waals surface area contributed by atoms with Crippen molar-refractivity contribution in [1.29, 1.82) is 0 Å². The predicted molar refractivity (Wildman–Crippen MR) is 49.2 cm³/mol. The highest BCUT2D eigenvalue weighted by Gasteiger charge is 2.24. The fraction of sp³-hybridized carbons (Fsp3) is 0.500. The SMILES string of the molecule is CCC1CSc2nc(C(=O)O)cn21. The summed E-state index contributed by atoms with van der Waals surface area (Å²) in [4.78, 5) is 14.6. The number of aromatic carboxylic acids is 1. The van der Waals surface area contributed by atoms with Gasteiger partial charge in [0.2, 0.25) is 0 Å². The molecule has 70 valence electrons. The van der Waals surface area contributed by atoms with Gasteiger partial charge in [0.05, 0.1) is 0 Å². The molecule has 1 aliphatic heterocycles. The zero-order valence-corrected chi connectivity index (χ0v) is 8.04. The summed E-state index contributed by atoms with van der Waals surface area (Å²) in [5.74, 6) is 0.0657. The Morgan fingerprint density at radius 1 is 1.92 bits per heavy atom. The molecule has 0 radical (unpaired) electrons. The second-order valence-electron chi connectivity index (χ2n) is 2.99. The molecule has 0 aliphatic carbocycles. The molecule has 0 saturated heterocycles. The van der Waals surface area contributed by atoms with Crippen molar-refractivity contribution in [3.05, 3.63) is 11.9 Å². The van der Waals surface area contributed by atoms with Crippen LogP contribution >= 0.6 is 11.8 Å². The number of hydrogen-bond acceptors (Lipinski definition) is 3. The fourth-order valence-corrected chi connectivity index (χ4v) is 2.67. The molecule has 2 heterocycles. The predicted octanol–water partition coefficient (Wildman–Crippen LogP) is 1.64. The lowest BCUT2D eigenvalue weighted by Crippen LogP contribution is -2.03. The van der Waals surface area contributed by atoms with Crippen LogP contribution in [0.1, 0.15) is 29.9 Å². The van der Waals surface area contributed by atoms with Crippen molar-refractivity contribution in [1.82, 2.24) is 9.55 Å². The van der Waals surface area contributed by atoms with E-state index >= 15 is 0 Å². The summed E-state index contributed by atoms with van der Waals surface area (Å²) in [6.07, 6.45) is 2.65. The highest BCUT2D eigenvalue weighted by atomic mass is 32.2. The van der Waals surface area contributed by atoms with Crippen LogP contribution in [0.5, 0.6) is 0 Å². The maximum atomic E-state index is 10.6. The quantitative estimate of drug-likeness (QED) is 0.784. The van der Waals surface area contributed by atoms with Crippen molar-refractivity contribution in [2.24, 2.45) is 0 Å². The van der Waals surface area contributed by atoms with E-state index in [1.54, 1.807) is 18.0 Å². The number of nitrogens with zero attached hydrogens (tertiary/aromatic N) is 2. The van der Waals surface area contributed by atoms with Crippen molar-refractivity contribution in [2.75, 3.05) is 5.75 Å². The lowest BCUT2D eigenvalue weighted by molar-refractivity contribution is 0.0690. The maximum absolute atomic E-state index is 10.6. The first-order chi connectivity index (χ1) is 6.22. The Hall–Kier alpha value is -0.970. The van der Waals surface area contributed by atoms with Crippen LogP contribution in [0.4, 0.5) is 0 Å². The lowest BCUT2D eigenvalue weighted by Gasteiger charge is -2.06. The zero-order valence-electron chi connectivity index (χ0n) is 7.23. The van der Waals surface area contributed by atoms with E-state index in [1.165, 1.54) is 0 Å². The molecular weight excluding hydrogens is 188 g/mol. The van der Waals surface area contributed by atoms with Crippen molar-refractivity contribution in [2.45, 2.75) is 24.5 Å². The van der Waals surface area contributed by atoms with E-state index in [-0.39, 0.29) is 5.69 Å². The van der Waals surface area contributed by atoms with E-state index in [0.29, 0.717) is 6.04 Å². The van der Waals surface area contributed by atoms with E-state index in [1.807, 2.05) is 4.57 Å². The molecule has 0 bridgehead atoms. The number of carbonyl (C=O) groups is 1. The minimum absolute atomic E-state index is 0.153. The summed E-state index contributed by atoms with van der Waals surface area (Å²) in [6.45, 7) is 2.10. The monoisotopic (exact) mass is 198 g/mol. The highest BCUT2D eigenvalue weighted by Crippen LogP contribution is 2.34. The molecule has 5 heteroatoms. The summed E-state index contributed by atoms with van der Waals surface area (Å²) >= 11 is 1.63. The molecule has 0 aromatic carbocycles. The molecule has 1 aromatic heterocycles. The van der Waals surface area contributed by atoms with Crippen LogP contribution in [0.2, 0.25) is 0 Å². The fourth-order valence-electron chi connectivity index (χ4n) is 1.41. The van der Waals surface area contributed by atoms with Gasteiger partial charge in [0.25, 0.3) is 0 Å². The third-order valence-electron chi connectivity index (χ3n) is 2.19. The Balaban J connectivity index is 2.36. The summed E-state index contributed by atoms with van der Waals surface area (Å²) in [6, 6.07) is 0.417. The number of fused-ring (bicyclic) bond motifs is 1. The van der Waals surface area contributed by atoms with Crippen LogP contribution < -0.4 is 0 Å². The molecule has 1 atom stereocenters. The minimum atomic E-state index is -0.947. The molecule has 0 saturated carbocycles. The van der Waals surface area contributed by atoms with Gasteiger partial charge in [-0.1, -0.05) is 18.7 Å². The Kier molecular flexibility index (Phi) is 2.03. The third kappa shape index (κ3) is 1.33. The van der Waals surface area contributed by atoms with Crippen LogP contribution in [-0.4, -0.2) is 26.4 Å². The number of imidazole rings is 1. The molecule has 4 nitrogen and oxygen atoms in total. The van der Waals surface area contributed by atoms with Crippen LogP contribution in [0.25, 0.3) is 0 Å². The van der Waals surface area contributed by atoms with E-state index in [2.05, 4.69) is 11.9 Å². The molecular formula is C8H10N2O2S. The number of carboxylic acid groups (broad SMARTS) is 1. The van der Waals surface area contributed by atoms with Gasteiger partial charge in [-0.25, -0.2) is 9.78 Å². The molecule has 13 heavy (non-hydrogen) atoms. The number of aromatic nitrogens is 2. The van der Waals surface area contributed by atoms with Gasteiger partial charge >= 0.3 is 5.97 Å². The van der Waals surface area contributed by atoms with Gasteiger partial charge in [0, 0.05) is 18.0 Å². The van der Waals surface area contributed by atoms with Crippen molar-refractivity contribution < 1.29 is 9.90 Å². The van der Waals surface area contributed by atoms with Crippen molar-refractivity contribution in [3.8, 4) is 0 Å². The van der Waals surface area contributed by atoms with Gasteiger partial charge in [-0.2, -0.15) is 0 Å². The van der Waals surface area contributed by atoms with Crippen LogP contribution in [0.15, 0.2) is 11.4 Å². The molecule has 1 aromatic rings. The molecule has 0 amide bonds. The first-order valence-electron chi connectivity index (χ1n) is 4.17. The van der Waals surface area contributed by atoms with Gasteiger partial charge < -0.3 is 9.67 Å². The van der Waals surface area contributed by atoms with Crippen LogP contribution in [0, 0.1) is 0 Å². The third-order valence-corrected chi connectivity index (χ3v) is 3.30. The first-order valence-corrected chi connectivity index (χ1v) is 5.16. The zero-order chi connectivity index (χ0) is 9.42. The second-order valence-corrected chi connectivity index (χ2v) is 3.98. The van der Waals surface area contributed by atoms with Gasteiger partial charge in [-0.05, 0) is 6.42 Å². The average Bonchev–Trinajstić information content (AvgIpc) is 2.60. The number of thioether (sulfide) groups is 1. The molecule has 1 N–H and O–H groups in total. The van der Waals surface area contributed by atoms with Crippen LogP contribution in [0.3, 0.4) is 0 Å². The van der Waals surface area contributed by atoms with E-state index in [0.717, 1.165) is 17.3 Å². The maximum Gasteiger partial charge on any atom is 0.356 e. The normalized spacial score (nSPS) is 20.2. The Labute approximate surface area is 80.0 Å². The topological polar surface area (TPSA) is 55.1 Å². The van der Waals surface area contributed by atoms with Crippen molar-refractivity contribution in [3.63, 3.8) is 0 Å².